The van der Waals surface area contributed by atoms with E-state index in [0.717, 1.165) is 5.56 Å². The first-order valence-corrected chi connectivity index (χ1v) is 4.80. The number of aliphatic carboxylic acids is 1. The molecular weight excluding hydrogens is 233 g/mol. The lowest BCUT2D eigenvalue weighted by Gasteiger charge is -2.19. The highest BCUT2D eigenvalue weighted by Gasteiger charge is 2.23. The molecule has 1 unspecified atom stereocenters. The van der Waals surface area contributed by atoms with Crippen LogP contribution in [0.1, 0.15) is 24.8 Å². The average molecular weight is 248 g/mol. The number of halogens is 2. The standard InChI is InChI=1S/C11H14FNO2.ClH/c1-2-9(10(13)11(14)15)7-3-5-8(12)6-4-7;/h3-6,9-10H,2,13H2,1H3,(H,14,15);1H/t9?,10-;/m0./s1. The van der Waals surface area contributed by atoms with E-state index in [-0.39, 0.29) is 24.1 Å². The van der Waals surface area contributed by atoms with Gasteiger partial charge >= 0.3 is 5.97 Å². The molecule has 1 aromatic rings. The van der Waals surface area contributed by atoms with Gasteiger partial charge in [0.15, 0.2) is 0 Å². The molecular formula is C11H15ClFNO2. The molecule has 0 spiro atoms. The van der Waals surface area contributed by atoms with Crippen molar-refractivity contribution in [1.29, 1.82) is 0 Å². The van der Waals surface area contributed by atoms with Crippen LogP contribution in [0.5, 0.6) is 0 Å². The maximum atomic E-state index is 12.7. The second-order valence-electron chi connectivity index (χ2n) is 3.43. The molecule has 0 aliphatic carbocycles. The Morgan fingerprint density at radius 2 is 1.94 bits per heavy atom. The van der Waals surface area contributed by atoms with Crippen LogP contribution in [0.15, 0.2) is 24.3 Å². The minimum absolute atomic E-state index is 0. The summed E-state index contributed by atoms with van der Waals surface area (Å²) in [5.41, 5.74) is 6.31. The Balaban J connectivity index is 0.00000225. The van der Waals surface area contributed by atoms with Gasteiger partial charge in [-0.1, -0.05) is 19.1 Å². The zero-order valence-electron chi connectivity index (χ0n) is 8.89. The zero-order valence-corrected chi connectivity index (χ0v) is 9.71. The van der Waals surface area contributed by atoms with Crippen LogP contribution in [0.2, 0.25) is 0 Å². The van der Waals surface area contributed by atoms with Gasteiger partial charge in [0.05, 0.1) is 0 Å². The average Bonchev–Trinajstić information content (AvgIpc) is 2.21. The summed E-state index contributed by atoms with van der Waals surface area (Å²) in [5, 5.41) is 8.80. The predicted octanol–water partition coefficient (Wildman–Crippen LogP) is 2.15. The molecule has 0 aromatic heterocycles. The molecule has 2 atom stereocenters. The number of nitrogens with two attached hydrogens (primary N) is 1. The first-order chi connectivity index (χ1) is 7.06. The van der Waals surface area contributed by atoms with E-state index in [1.807, 2.05) is 6.92 Å². The molecule has 16 heavy (non-hydrogen) atoms. The monoisotopic (exact) mass is 247 g/mol. The molecule has 5 heteroatoms. The van der Waals surface area contributed by atoms with Gasteiger partial charge < -0.3 is 10.8 Å². The lowest BCUT2D eigenvalue weighted by molar-refractivity contribution is -0.139. The Morgan fingerprint density at radius 1 is 1.44 bits per heavy atom. The summed E-state index contributed by atoms with van der Waals surface area (Å²) >= 11 is 0. The topological polar surface area (TPSA) is 63.3 Å². The molecule has 0 aliphatic heterocycles. The van der Waals surface area contributed by atoms with Gasteiger partial charge in [-0.25, -0.2) is 4.39 Å². The molecule has 3 nitrogen and oxygen atoms in total. The number of carboxylic acid groups (broad SMARTS) is 1. The van der Waals surface area contributed by atoms with Crippen molar-refractivity contribution in [3.8, 4) is 0 Å². The van der Waals surface area contributed by atoms with Crippen molar-refractivity contribution in [1.82, 2.24) is 0 Å². The number of hydrogen-bond donors (Lipinski definition) is 2. The maximum Gasteiger partial charge on any atom is 0.321 e. The van der Waals surface area contributed by atoms with Gasteiger partial charge in [-0.15, -0.1) is 12.4 Å². The second kappa shape index (κ2) is 6.45. The van der Waals surface area contributed by atoms with E-state index in [1.165, 1.54) is 12.1 Å². The van der Waals surface area contributed by atoms with Gasteiger partial charge in [0.25, 0.3) is 0 Å². The molecule has 90 valence electrons. The van der Waals surface area contributed by atoms with Crippen LogP contribution >= 0.6 is 12.4 Å². The van der Waals surface area contributed by atoms with Crippen LogP contribution in [0.4, 0.5) is 4.39 Å². The van der Waals surface area contributed by atoms with Crippen molar-refractivity contribution in [2.45, 2.75) is 25.3 Å². The number of rotatable bonds is 4. The molecule has 0 aliphatic rings. The van der Waals surface area contributed by atoms with Crippen LogP contribution in [0.3, 0.4) is 0 Å². The van der Waals surface area contributed by atoms with Crippen molar-refractivity contribution in [2.24, 2.45) is 5.73 Å². The summed E-state index contributed by atoms with van der Waals surface area (Å²) in [4.78, 5) is 10.7. The number of hydrogen-bond acceptors (Lipinski definition) is 2. The molecule has 0 amide bonds. The third-order valence-corrected chi connectivity index (χ3v) is 2.46. The fraction of sp³-hybridized carbons (Fsp3) is 0.364. The molecule has 0 heterocycles. The van der Waals surface area contributed by atoms with E-state index >= 15 is 0 Å². The van der Waals surface area contributed by atoms with Gasteiger partial charge in [-0.3, -0.25) is 4.79 Å². The van der Waals surface area contributed by atoms with Crippen molar-refractivity contribution in [2.75, 3.05) is 0 Å². The van der Waals surface area contributed by atoms with E-state index in [0.29, 0.717) is 6.42 Å². The van der Waals surface area contributed by atoms with Gasteiger partial charge in [0.2, 0.25) is 0 Å². The van der Waals surface area contributed by atoms with Crippen LogP contribution in [0, 0.1) is 5.82 Å². The summed E-state index contributed by atoms with van der Waals surface area (Å²) in [7, 11) is 0. The van der Waals surface area contributed by atoms with Crippen LogP contribution in [-0.4, -0.2) is 17.1 Å². The third-order valence-electron chi connectivity index (χ3n) is 2.46. The normalized spacial score (nSPS) is 13.7. The van der Waals surface area contributed by atoms with E-state index in [2.05, 4.69) is 0 Å². The van der Waals surface area contributed by atoms with Gasteiger partial charge in [0.1, 0.15) is 11.9 Å². The van der Waals surface area contributed by atoms with E-state index in [9.17, 15) is 9.18 Å². The quantitative estimate of drug-likeness (QED) is 0.857. The van der Waals surface area contributed by atoms with Gasteiger partial charge in [0, 0.05) is 5.92 Å². The fourth-order valence-corrected chi connectivity index (χ4v) is 1.58. The SMILES string of the molecule is CCC(c1ccc(F)cc1)[C@H](N)C(=O)O.Cl. The number of carbonyl (C=O) groups is 1. The Labute approximate surface area is 99.9 Å². The first kappa shape index (κ1) is 14.9. The molecule has 3 N–H and O–H groups in total. The fourth-order valence-electron chi connectivity index (χ4n) is 1.58. The summed E-state index contributed by atoms with van der Waals surface area (Å²) < 4.78 is 12.7. The van der Waals surface area contributed by atoms with Gasteiger partial charge in [-0.2, -0.15) is 0 Å². The van der Waals surface area contributed by atoms with Crippen molar-refractivity contribution in [3.63, 3.8) is 0 Å². The van der Waals surface area contributed by atoms with E-state index in [1.54, 1.807) is 12.1 Å². The van der Waals surface area contributed by atoms with E-state index < -0.39 is 12.0 Å². The van der Waals surface area contributed by atoms with Crippen LogP contribution < -0.4 is 5.73 Å². The summed E-state index contributed by atoms with van der Waals surface area (Å²) in [5.74, 6) is -1.65. The second-order valence-corrected chi connectivity index (χ2v) is 3.43. The molecule has 1 aromatic carbocycles. The number of benzene rings is 1. The third kappa shape index (κ3) is 3.47. The highest BCUT2D eigenvalue weighted by molar-refractivity contribution is 5.85. The molecule has 1 rings (SSSR count). The van der Waals surface area contributed by atoms with E-state index in [4.69, 9.17) is 10.8 Å². The highest BCUT2D eigenvalue weighted by atomic mass is 35.5. The minimum Gasteiger partial charge on any atom is -0.480 e. The van der Waals surface area contributed by atoms with Crippen molar-refractivity contribution < 1.29 is 14.3 Å². The zero-order chi connectivity index (χ0) is 11.4. The maximum absolute atomic E-state index is 12.7. The predicted molar refractivity (Wildman–Crippen MR) is 62.3 cm³/mol. The first-order valence-electron chi connectivity index (χ1n) is 4.80. The highest BCUT2D eigenvalue weighted by Crippen LogP contribution is 2.22. The lowest BCUT2D eigenvalue weighted by atomic mass is 9.90. The Bertz CT molecular complexity index is 342. The van der Waals surface area contributed by atoms with Crippen LogP contribution in [-0.2, 0) is 4.79 Å². The number of carboxylic acids is 1. The van der Waals surface area contributed by atoms with Crippen LogP contribution in [0.25, 0.3) is 0 Å². The summed E-state index contributed by atoms with van der Waals surface area (Å²) in [6.45, 7) is 1.86. The Kier molecular flexibility index (Phi) is 6.00. The molecule has 0 bridgehead atoms. The largest absolute Gasteiger partial charge is 0.480 e. The lowest BCUT2D eigenvalue weighted by Crippen LogP contribution is -2.36. The van der Waals surface area contributed by atoms with Crippen molar-refractivity contribution >= 4 is 18.4 Å². The molecule has 0 saturated carbocycles. The Morgan fingerprint density at radius 3 is 2.31 bits per heavy atom. The van der Waals surface area contributed by atoms with Gasteiger partial charge in [-0.05, 0) is 24.1 Å². The Hall–Kier alpha value is -1.13. The molecule has 0 saturated heterocycles. The summed E-state index contributed by atoms with van der Waals surface area (Å²) in [6.07, 6.45) is 0.610. The minimum atomic E-state index is -1.04. The molecule has 0 fully saturated rings. The molecule has 0 radical (unpaired) electrons. The summed E-state index contributed by atoms with van der Waals surface area (Å²) in [6, 6.07) is 4.83. The van der Waals surface area contributed by atoms with Crippen molar-refractivity contribution in [3.05, 3.63) is 35.6 Å². The smallest absolute Gasteiger partial charge is 0.321 e.